The standard InChI is InChI=1S/C35H47N9O4/c1-35(2,3)41(4)29-13-15-42(16-14-29)31(45)26-7-11-28(12-8-26)37-34(46)36-27-9-5-25(6-10-27)30-38-32(43-17-21-47-22-18-43)40-33(39-30)44-19-23-48-24-20-44/h5-12,29H,13-24H2,1-4H3,(H2,36,37,46). The van der Waals surface area contributed by atoms with Crippen LogP contribution < -0.4 is 20.4 Å². The van der Waals surface area contributed by atoms with Gasteiger partial charge in [0, 0.05) is 73.4 Å². The van der Waals surface area contributed by atoms with Gasteiger partial charge in [0.05, 0.1) is 26.4 Å². The lowest BCUT2D eigenvalue weighted by atomic mass is 9.97. The van der Waals surface area contributed by atoms with Crippen molar-refractivity contribution in [1.29, 1.82) is 0 Å². The summed E-state index contributed by atoms with van der Waals surface area (Å²) < 4.78 is 11.0. The summed E-state index contributed by atoms with van der Waals surface area (Å²) in [4.78, 5) is 49.0. The molecule has 0 aliphatic carbocycles. The van der Waals surface area contributed by atoms with Crippen LogP contribution in [0.5, 0.6) is 0 Å². The van der Waals surface area contributed by atoms with E-state index in [0.717, 1.165) is 57.7 Å². The molecule has 2 N–H and O–H groups in total. The van der Waals surface area contributed by atoms with Crippen molar-refractivity contribution in [2.75, 3.05) is 93.2 Å². The number of carbonyl (C=O) groups is 2. The quantitative estimate of drug-likeness (QED) is 0.382. The first-order valence-corrected chi connectivity index (χ1v) is 16.9. The third-order valence-electron chi connectivity index (χ3n) is 9.35. The molecule has 3 amide bonds. The van der Waals surface area contributed by atoms with Crippen LogP contribution in [-0.4, -0.2) is 121 Å². The van der Waals surface area contributed by atoms with Gasteiger partial charge in [-0.15, -0.1) is 0 Å². The van der Waals surface area contributed by atoms with Gasteiger partial charge in [0.2, 0.25) is 11.9 Å². The first-order valence-electron chi connectivity index (χ1n) is 16.9. The minimum absolute atomic E-state index is 0.0234. The van der Waals surface area contributed by atoms with Crippen molar-refractivity contribution in [2.24, 2.45) is 0 Å². The summed E-state index contributed by atoms with van der Waals surface area (Å²) in [5.74, 6) is 1.86. The van der Waals surface area contributed by atoms with E-state index in [1.54, 1.807) is 24.3 Å². The fraction of sp³-hybridized carbons (Fsp3) is 0.514. The Morgan fingerprint density at radius 2 is 1.21 bits per heavy atom. The molecule has 6 rings (SSSR count). The van der Waals surface area contributed by atoms with Gasteiger partial charge in [0.15, 0.2) is 5.82 Å². The van der Waals surface area contributed by atoms with Crippen molar-refractivity contribution in [3.05, 3.63) is 54.1 Å². The van der Waals surface area contributed by atoms with E-state index in [-0.39, 0.29) is 17.5 Å². The molecule has 3 aliphatic rings. The van der Waals surface area contributed by atoms with Crippen molar-refractivity contribution in [3.63, 3.8) is 0 Å². The summed E-state index contributed by atoms with van der Waals surface area (Å²) in [5, 5.41) is 5.74. The highest BCUT2D eigenvalue weighted by molar-refractivity contribution is 6.00. The van der Waals surface area contributed by atoms with Gasteiger partial charge in [-0.05, 0) is 89.2 Å². The van der Waals surface area contributed by atoms with E-state index in [1.165, 1.54) is 0 Å². The summed E-state index contributed by atoms with van der Waals surface area (Å²) in [6.45, 7) is 13.6. The van der Waals surface area contributed by atoms with E-state index in [2.05, 4.69) is 53.2 Å². The SMILES string of the molecule is CN(C1CCN(C(=O)c2ccc(NC(=O)Nc3ccc(-c4nc(N5CCOCC5)nc(N5CCOCC5)n4)cc3)cc2)CC1)C(C)(C)C. The van der Waals surface area contributed by atoms with Crippen LogP contribution in [0.15, 0.2) is 48.5 Å². The van der Waals surface area contributed by atoms with Gasteiger partial charge < -0.3 is 34.8 Å². The van der Waals surface area contributed by atoms with Gasteiger partial charge in [0.25, 0.3) is 5.91 Å². The molecule has 4 heterocycles. The lowest BCUT2D eigenvalue weighted by Crippen LogP contribution is -2.51. The summed E-state index contributed by atoms with van der Waals surface area (Å²) in [5.41, 5.74) is 2.76. The van der Waals surface area contributed by atoms with Crippen LogP contribution in [0, 0.1) is 0 Å². The molecule has 0 radical (unpaired) electrons. The average Bonchev–Trinajstić information content (AvgIpc) is 3.12. The molecule has 0 saturated carbocycles. The second-order valence-electron chi connectivity index (χ2n) is 13.5. The van der Waals surface area contributed by atoms with Crippen LogP contribution in [0.3, 0.4) is 0 Å². The van der Waals surface area contributed by atoms with E-state index < -0.39 is 0 Å². The Kier molecular flexibility index (Phi) is 10.4. The van der Waals surface area contributed by atoms with Crippen LogP contribution in [0.4, 0.5) is 28.1 Å². The smallest absolute Gasteiger partial charge is 0.323 e. The predicted molar refractivity (Wildman–Crippen MR) is 187 cm³/mol. The lowest BCUT2D eigenvalue weighted by Gasteiger charge is -2.43. The molecule has 13 nitrogen and oxygen atoms in total. The number of nitrogens with one attached hydrogen (secondary N) is 2. The molecule has 256 valence electrons. The third kappa shape index (κ3) is 8.20. The van der Waals surface area contributed by atoms with Crippen LogP contribution in [0.25, 0.3) is 11.4 Å². The van der Waals surface area contributed by atoms with E-state index in [4.69, 9.17) is 24.4 Å². The van der Waals surface area contributed by atoms with Crippen LogP contribution >= 0.6 is 0 Å². The average molecular weight is 658 g/mol. The summed E-state index contributed by atoms with van der Waals surface area (Å²) in [6.07, 6.45) is 1.92. The highest BCUT2D eigenvalue weighted by Gasteiger charge is 2.30. The Bertz CT molecular complexity index is 1510. The van der Waals surface area contributed by atoms with Gasteiger partial charge in [0.1, 0.15) is 0 Å². The fourth-order valence-electron chi connectivity index (χ4n) is 6.17. The number of piperidine rings is 1. The first kappa shape index (κ1) is 33.6. The number of benzene rings is 2. The predicted octanol–water partition coefficient (Wildman–Crippen LogP) is 4.19. The number of ether oxygens (including phenoxy) is 2. The van der Waals surface area contributed by atoms with Crippen LogP contribution in [-0.2, 0) is 9.47 Å². The zero-order valence-corrected chi connectivity index (χ0v) is 28.4. The fourth-order valence-corrected chi connectivity index (χ4v) is 6.17. The molecule has 48 heavy (non-hydrogen) atoms. The van der Waals surface area contributed by atoms with Gasteiger partial charge in [-0.1, -0.05) is 0 Å². The minimum Gasteiger partial charge on any atom is -0.378 e. The molecule has 1 aromatic heterocycles. The number of carbonyl (C=O) groups excluding carboxylic acids is 2. The minimum atomic E-state index is -0.378. The number of rotatable bonds is 7. The van der Waals surface area contributed by atoms with Crippen molar-refractivity contribution >= 4 is 35.2 Å². The number of urea groups is 1. The van der Waals surface area contributed by atoms with Gasteiger partial charge in [-0.25, -0.2) is 4.79 Å². The molecule has 0 bridgehead atoms. The van der Waals surface area contributed by atoms with E-state index in [1.807, 2.05) is 29.2 Å². The number of hydrogen-bond donors (Lipinski definition) is 2. The maximum absolute atomic E-state index is 13.2. The molecule has 3 aliphatic heterocycles. The molecular weight excluding hydrogens is 610 g/mol. The Hall–Kier alpha value is -4.33. The Morgan fingerprint density at radius 3 is 1.69 bits per heavy atom. The topological polar surface area (TPSA) is 128 Å². The monoisotopic (exact) mass is 657 g/mol. The van der Waals surface area contributed by atoms with Gasteiger partial charge in [-0.3, -0.25) is 9.69 Å². The van der Waals surface area contributed by atoms with E-state index >= 15 is 0 Å². The molecule has 3 aromatic rings. The number of morpholine rings is 2. The second kappa shape index (κ2) is 14.8. The number of amides is 3. The lowest BCUT2D eigenvalue weighted by molar-refractivity contribution is 0.0496. The molecule has 0 unspecified atom stereocenters. The summed E-state index contributed by atoms with van der Waals surface area (Å²) in [7, 11) is 2.17. The highest BCUT2D eigenvalue weighted by Crippen LogP contribution is 2.26. The number of nitrogens with zero attached hydrogens (tertiary/aromatic N) is 7. The maximum atomic E-state index is 13.2. The molecule has 0 spiro atoms. The van der Waals surface area contributed by atoms with Crippen molar-refractivity contribution < 1.29 is 19.1 Å². The molecular formula is C35H47N9O4. The third-order valence-corrected chi connectivity index (χ3v) is 9.35. The molecule has 3 saturated heterocycles. The Morgan fingerprint density at radius 1 is 0.729 bits per heavy atom. The molecule has 2 aromatic carbocycles. The number of likely N-dealkylation sites (tertiary alicyclic amines) is 1. The summed E-state index contributed by atoms with van der Waals surface area (Å²) in [6, 6.07) is 14.6. The Labute approximate surface area is 282 Å². The zero-order valence-electron chi connectivity index (χ0n) is 28.4. The first-order chi connectivity index (χ1) is 23.1. The number of aromatic nitrogens is 3. The largest absolute Gasteiger partial charge is 0.378 e. The summed E-state index contributed by atoms with van der Waals surface area (Å²) >= 11 is 0. The van der Waals surface area contributed by atoms with Crippen molar-refractivity contribution in [3.8, 4) is 11.4 Å². The van der Waals surface area contributed by atoms with E-state index in [9.17, 15) is 9.59 Å². The van der Waals surface area contributed by atoms with E-state index in [0.29, 0.717) is 67.1 Å². The maximum Gasteiger partial charge on any atom is 0.323 e. The van der Waals surface area contributed by atoms with Gasteiger partial charge in [-0.2, -0.15) is 15.0 Å². The normalized spacial score (nSPS) is 17.8. The second-order valence-corrected chi connectivity index (χ2v) is 13.5. The molecule has 13 heteroatoms. The molecule has 0 atom stereocenters. The van der Waals surface area contributed by atoms with Crippen LogP contribution in [0.2, 0.25) is 0 Å². The number of anilines is 4. The number of hydrogen-bond acceptors (Lipinski definition) is 10. The van der Waals surface area contributed by atoms with Crippen molar-refractivity contribution in [2.45, 2.75) is 45.2 Å². The van der Waals surface area contributed by atoms with Gasteiger partial charge >= 0.3 is 6.03 Å². The highest BCUT2D eigenvalue weighted by atomic mass is 16.5. The zero-order chi connectivity index (χ0) is 33.7. The van der Waals surface area contributed by atoms with Crippen molar-refractivity contribution in [1.82, 2.24) is 24.8 Å². The Balaban J connectivity index is 1.05. The van der Waals surface area contributed by atoms with Crippen LogP contribution in [0.1, 0.15) is 44.0 Å². The molecule has 3 fully saturated rings.